The third kappa shape index (κ3) is 2.21. The molecule has 0 aliphatic carbocycles. The lowest BCUT2D eigenvalue weighted by Crippen LogP contribution is -2.53. The van der Waals surface area contributed by atoms with Gasteiger partial charge < -0.3 is 9.84 Å². The highest BCUT2D eigenvalue weighted by atomic mass is 32.2. The fourth-order valence-electron chi connectivity index (χ4n) is 2.46. The van der Waals surface area contributed by atoms with E-state index in [1.165, 1.54) is 0 Å². The van der Waals surface area contributed by atoms with Gasteiger partial charge in [0.25, 0.3) is 0 Å². The maximum absolute atomic E-state index is 11.0. The van der Waals surface area contributed by atoms with Crippen molar-refractivity contribution in [3.8, 4) is 0 Å². The van der Waals surface area contributed by atoms with Crippen LogP contribution >= 0.6 is 11.8 Å². The van der Waals surface area contributed by atoms with Crippen LogP contribution in [0, 0.1) is 0 Å². The quantitative estimate of drug-likeness (QED) is 0.771. The molecule has 0 aromatic heterocycles. The molecule has 2 heterocycles. The maximum atomic E-state index is 11.0. The second-order valence-corrected chi connectivity index (χ2v) is 6.32. The van der Waals surface area contributed by atoms with Gasteiger partial charge in [-0.2, -0.15) is 0 Å². The number of rotatable bonds is 2. The molecule has 1 spiro atoms. The molecule has 2 aliphatic rings. The molecule has 2 fully saturated rings. The van der Waals surface area contributed by atoms with Gasteiger partial charge in [-0.25, -0.2) is 0 Å². The minimum absolute atomic E-state index is 0.0773. The van der Waals surface area contributed by atoms with Crippen LogP contribution in [0.2, 0.25) is 0 Å². The monoisotopic (exact) mass is 245 g/mol. The Labute approximate surface area is 100 Å². The predicted octanol–water partition coefficient (Wildman–Crippen LogP) is 1.45. The highest BCUT2D eigenvalue weighted by Gasteiger charge is 2.48. The van der Waals surface area contributed by atoms with Crippen LogP contribution < -0.4 is 5.32 Å². The number of aliphatic carboxylic acids is 1. The second-order valence-electron chi connectivity index (χ2n) is 4.92. The molecule has 2 rings (SSSR count). The minimum Gasteiger partial charge on any atom is -0.480 e. The summed E-state index contributed by atoms with van der Waals surface area (Å²) in [7, 11) is 0. The molecule has 4 nitrogen and oxygen atoms in total. The average Bonchev–Trinajstić information content (AvgIpc) is 2.62. The van der Waals surface area contributed by atoms with Gasteiger partial charge in [-0.15, -0.1) is 11.8 Å². The highest BCUT2D eigenvalue weighted by Crippen LogP contribution is 2.44. The molecular formula is C11H19NO3S. The van der Waals surface area contributed by atoms with Gasteiger partial charge in [-0.3, -0.25) is 10.1 Å². The summed E-state index contributed by atoms with van der Waals surface area (Å²) < 4.78 is 5.80. The van der Waals surface area contributed by atoms with Crippen molar-refractivity contribution in [1.82, 2.24) is 5.32 Å². The molecule has 0 amide bonds. The van der Waals surface area contributed by atoms with Gasteiger partial charge in [0.15, 0.2) is 0 Å². The smallest absolute Gasteiger partial charge is 0.321 e. The summed E-state index contributed by atoms with van der Waals surface area (Å²) in [6, 6.07) is -0.399. The molecule has 0 aromatic carbocycles. The third-order valence-electron chi connectivity index (χ3n) is 3.63. The van der Waals surface area contributed by atoms with Crippen molar-refractivity contribution in [2.45, 2.75) is 49.6 Å². The number of carboxylic acids is 1. The van der Waals surface area contributed by atoms with Crippen molar-refractivity contribution in [2.75, 3.05) is 12.4 Å². The van der Waals surface area contributed by atoms with E-state index >= 15 is 0 Å². The summed E-state index contributed by atoms with van der Waals surface area (Å²) in [6.45, 7) is 4.95. The first-order valence-corrected chi connectivity index (χ1v) is 6.76. The number of ether oxygens (including phenoxy) is 1. The van der Waals surface area contributed by atoms with E-state index < -0.39 is 12.0 Å². The Kier molecular flexibility index (Phi) is 3.20. The van der Waals surface area contributed by atoms with Crippen LogP contribution in [0.25, 0.3) is 0 Å². The summed E-state index contributed by atoms with van der Waals surface area (Å²) in [5.41, 5.74) is -0.106. The molecule has 0 radical (unpaired) electrons. The van der Waals surface area contributed by atoms with Crippen LogP contribution in [-0.4, -0.2) is 39.9 Å². The molecule has 92 valence electrons. The molecule has 0 bridgehead atoms. The summed E-state index contributed by atoms with van der Waals surface area (Å²) in [4.78, 5) is 10.9. The van der Waals surface area contributed by atoms with E-state index in [0.717, 1.165) is 25.9 Å². The van der Waals surface area contributed by atoms with Gasteiger partial charge in [-0.05, 0) is 19.8 Å². The first-order valence-electron chi connectivity index (χ1n) is 5.77. The second kappa shape index (κ2) is 4.20. The number of carbonyl (C=O) groups is 1. The normalized spacial score (nSPS) is 43.8. The Morgan fingerprint density at radius 1 is 1.69 bits per heavy atom. The lowest BCUT2D eigenvalue weighted by Gasteiger charge is -2.43. The van der Waals surface area contributed by atoms with Gasteiger partial charge in [0, 0.05) is 18.8 Å². The molecule has 0 aromatic rings. The molecule has 3 atom stereocenters. The zero-order valence-corrected chi connectivity index (χ0v) is 10.6. The Hall–Kier alpha value is -0.260. The number of hydrogen-bond acceptors (Lipinski definition) is 4. The van der Waals surface area contributed by atoms with E-state index in [2.05, 4.69) is 19.2 Å². The van der Waals surface area contributed by atoms with E-state index in [-0.39, 0.29) is 10.5 Å². The summed E-state index contributed by atoms with van der Waals surface area (Å²) >= 11 is 1.75. The molecule has 0 saturated carbocycles. The van der Waals surface area contributed by atoms with Crippen molar-refractivity contribution < 1.29 is 14.6 Å². The van der Waals surface area contributed by atoms with Crippen molar-refractivity contribution in [2.24, 2.45) is 0 Å². The topological polar surface area (TPSA) is 58.6 Å². The molecule has 3 unspecified atom stereocenters. The number of nitrogens with one attached hydrogen (secondary N) is 1. The van der Waals surface area contributed by atoms with Crippen LogP contribution in [-0.2, 0) is 9.53 Å². The minimum atomic E-state index is -0.742. The van der Waals surface area contributed by atoms with Gasteiger partial charge in [0.1, 0.15) is 6.04 Å². The summed E-state index contributed by atoms with van der Waals surface area (Å²) in [6.07, 6.45) is 2.76. The van der Waals surface area contributed by atoms with E-state index in [9.17, 15) is 4.79 Å². The van der Waals surface area contributed by atoms with E-state index in [1.807, 2.05) is 0 Å². The Balaban J connectivity index is 2.07. The van der Waals surface area contributed by atoms with Gasteiger partial charge in [0.05, 0.1) is 10.5 Å². The van der Waals surface area contributed by atoms with Crippen LogP contribution in [0.3, 0.4) is 0 Å². The van der Waals surface area contributed by atoms with Crippen LogP contribution in [0.1, 0.15) is 33.1 Å². The average molecular weight is 245 g/mol. The molecule has 2 N–H and O–H groups in total. The first-order chi connectivity index (χ1) is 7.49. The Morgan fingerprint density at radius 2 is 2.44 bits per heavy atom. The van der Waals surface area contributed by atoms with Crippen LogP contribution in [0.5, 0.6) is 0 Å². The van der Waals surface area contributed by atoms with Crippen molar-refractivity contribution in [3.05, 3.63) is 0 Å². The fraction of sp³-hybridized carbons (Fsp3) is 0.909. The highest BCUT2D eigenvalue weighted by molar-refractivity contribution is 8.01. The van der Waals surface area contributed by atoms with Crippen molar-refractivity contribution in [3.63, 3.8) is 0 Å². The van der Waals surface area contributed by atoms with Gasteiger partial charge in [-0.1, -0.05) is 6.92 Å². The molecular weight excluding hydrogens is 226 g/mol. The van der Waals surface area contributed by atoms with Crippen LogP contribution in [0.4, 0.5) is 0 Å². The standard InChI is InChI=1S/C11H19NO3S/c1-3-10(2)7-11(4-5-15-10)12-8(6-16-11)9(13)14/h8,12H,3-7H2,1-2H3,(H,13,14). The van der Waals surface area contributed by atoms with E-state index in [1.54, 1.807) is 11.8 Å². The molecule has 16 heavy (non-hydrogen) atoms. The molecule has 5 heteroatoms. The van der Waals surface area contributed by atoms with Crippen molar-refractivity contribution in [1.29, 1.82) is 0 Å². The third-order valence-corrected chi connectivity index (χ3v) is 5.14. The number of carboxylic acid groups (broad SMARTS) is 1. The maximum Gasteiger partial charge on any atom is 0.321 e. The van der Waals surface area contributed by atoms with E-state index in [0.29, 0.717) is 5.75 Å². The Bertz CT molecular complexity index is 299. The van der Waals surface area contributed by atoms with Crippen molar-refractivity contribution >= 4 is 17.7 Å². The predicted molar refractivity (Wildman–Crippen MR) is 63.6 cm³/mol. The lowest BCUT2D eigenvalue weighted by atomic mass is 9.89. The molecule has 2 saturated heterocycles. The zero-order chi connectivity index (χ0) is 11.8. The van der Waals surface area contributed by atoms with Crippen LogP contribution in [0.15, 0.2) is 0 Å². The zero-order valence-electron chi connectivity index (χ0n) is 9.78. The number of hydrogen-bond donors (Lipinski definition) is 2. The lowest BCUT2D eigenvalue weighted by molar-refractivity contribution is -0.139. The van der Waals surface area contributed by atoms with E-state index in [4.69, 9.17) is 9.84 Å². The molecule has 2 aliphatic heterocycles. The number of thioether (sulfide) groups is 1. The van der Waals surface area contributed by atoms with Gasteiger partial charge >= 0.3 is 5.97 Å². The summed E-state index contributed by atoms with van der Waals surface area (Å²) in [5.74, 6) is -0.0798. The summed E-state index contributed by atoms with van der Waals surface area (Å²) in [5, 5.41) is 12.3. The Morgan fingerprint density at radius 3 is 3.00 bits per heavy atom. The largest absolute Gasteiger partial charge is 0.480 e. The van der Waals surface area contributed by atoms with Gasteiger partial charge in [0.2, 0.25) is 0 Å². The fourth-order valence-corrected chi connectivity index (χ4v) is 4.03. The first kappa shape index (κ1) is 12.2. The SMILES string of the molecule is CCC1(C)CC2(CCO1)NC(C(=O)O)CS2.